The highest BCUT2D eigenvalue weighted by atomic mass is 35.5. The zero-order chi connectivity index (χ0) is 23.8. The van der Waals surface area contributed by atoms with Gasteiger partial charge in [0.2, 0.25) is 0 Å². The summed E-state index contributed by atoms with van der Waals surface area (Å²) in [7, 11) is -3.31. The van der Waals surface area contributed by atoms with Crippen LogP contribution >= 0.6 is 11.6 Å². The Kier molecular flexibility index (Phi) is 6.58. The molecule has 176 valence electrons. The van der Waals surface area contributed by atoms with Gasteiger partial charge in [0.25, 0.3) is 5.56 Å². The summed E-state index contributed by atoms with van der Waals surface area (Å²) in [4.78, 5) is 15.0. The second-order valence-corrected chi connectivity index (χ2v) is 11.4. The smallest absolute Gasteiger partial charge is 0.255 e. The molecule has 1 fully saturated rings. The number of aromatic nitrogens is 1. The van der Waals surface area contributed by atoms with Crippen LogP contribution in [-0.4, -0.2) is 31.8 Å². The zero-order valence-corrected chi connectivity index (χ0v) is 20.4. The molecule has 1 saturated carbocycles. The van der Waals surface area contributed by atoms with Crippen molar-refractivity contribution in [2.45, 2.75) is 61.5 Å². The number of benzene rings is 2. The quantitative estimate of drug-likeness (QED) is 0.528. The van der Waals surface area contributed by atoms with E-state index >= 15 is 0 Å². The Morgan fingerprint density at radius 2 is 1.94 bits per heavy atom. The molecule has 1 atom stereocenters. The van der Waals surface area contributed by atoms with Crippen molar-refractivity contribution in [1.29, 1.82) is 0 Å². The summed E-state index contributed by atoms with van der Waals surface area (Å²) >= 11 is 6.42. The fraction of sp³-hybridized carbons (Fsp3) is 0.400. The first-order valence-electron chi connectivity index (χ1n) is 11.2. The molecule has 0 amide bonds. The minimum Gasteiger partial charge on any atom is -0.489 e. The molecule has 1 aliphatic rings. The fourth-order valence-corrected chi connectivity index (χ4v) is 5.86. The van der Waals surface area contributed by atoms with Gasteiger partial charge >= 0.3 is 0 Å². The molecule has 8 heteroatoms. The molecule has 0 spiro atoms. The van der Waals surface area contributed by atoms with Gasteiger partial charge in [0, 0.05) is 29.3 Å². The van der Waals surface area contributed by atoms with Gasteiger partial charge in [-0.15, -0.1) is 0 Å². The predicted molar refractivity (Wildman–Crippen MR) is 132 cm³/mol. The van der Waals surface area contributed by atoms with Crippen LogP contribution in [0.1, 0.15) is 44.6 Å². The molecule has 1 heterocycles. The van der Waals surface area contributed by atoms with Gasteiger partial charge in [-0.3, -0.25) is 4.79 Å². The topological polar surface area (TPSA) is 102 Å². The Bertz CT molecular complexity index is 1330. The highest BCUT2D eigenvalue weighted by Crippen LogP contribution is 2.44. The molecule has 0 saturated heterocycles. The first-order valence-corrected chi connectivity index (χ1v) is 13.4. The Hall–Kier alpha value is -2.35. The van der Waals surface area contributed by atoms with Crippen molar-refractivity contribution in [2.24, 2.45) is 5.73 Å². The lowest BCUT2D eigenvalue weighted by molar-refractivity contribution is 0.104. The summed E-state index contributed by atoms with van der Waals surface area (Å²) in [5, 5.41) is 1.70. The van der Waals surface area contributed by atoms with E-state index in [9.17, 15) is 13.2 Å². The third-order valence-corrected chi connectivity index (χ3v) is 8.34. The summed E-state index contributed by atoms with van der Waals surface area (Å²) in [6, 6.07) is 12.4. The number of pyridine rings is 1. The lowest BCUT2D eigenvalue weighted by Crippen LogP contribution is -2.49. The van der Waals surface area contributed by atoms with Gasteiger partial charge in [0.05, 0.1) is 16.0 Å². The average Bonchev–Trinajstić information content (AvgIpc) is 2.80. The molecule has 0 unspecified atom stereocenters. The molecule has 3 aromatic rings. The van der Waals surface area contributed by atoms with E-state index in [1.165, 1.54) is 6.26 Å². The maximum Gasteiger partial charge on any atom is 0.255 e. The second kappa shape index (κ2) is 9.12. The number of sulfone groups is 1. The fourth-order valence-electron chi connectivity index (χ4n) is 4.98. The first-order chi connectivity index (χ1) is 15.6. The number of fused-ring (bicyclic) bond motifs is 1. The van der Waals surface area contributed by atoms with Crippen molar-refractivity contribution in [3.05, 3.63) is 69.6 Å². The molecule has 0 radical (unpaired) electrons. The van der Waals surface area contributed by atoms with Crippen LogP contribution in [0.5, 0.6) is 5.75 Å². The van der Waals surface area contributed by atoms with Gasteiger partial charge in [-0.25, -0.2) is 8.42 Å². The third kappa shape index (κ3) is 4.67. The third-order valence-electron chi connectivity index (χ3n) is 6.93. The molecule has 33 heavy (non-hydrogen) atoms. The summed E-state index contributed by atoms with van der Waals surface area (Å²) < 4.78 is 30.5. The van der Waals surface area contributed by atoms with Crippen LogP contribution in [0.15, 0.2) is 58.4 Å². The molecule has 4 rings (SSSR count). The number of aromatic amines is 1. The molecule has 1 aliphatic carbocycles. The monoisotopic (exact) mass is 488 g/mol. The van der Waals surface area contributed by atoms with Gasteiger partial charge in [-0.1, -0.05) is 30.7 Å². The van der Waals surface area contributed by atoms with Crippen LogP contribution in [0, 0.1) is 0 Å². The van der Waals surface area contributed by atoms with Crippen LogP contribution < -0.4 is 16.0 Å². The first kappa shape index (κ1) is 23.8. The molecule has 2 aromatic carbocycles. The highest BCUT2D eigenvalue weighted by molar-refractivity contribution is 7.90. The van der Waals surface area contributed by atoms with Crippen LogP contribution in [0.4, 0.5) is 0 Å². The number of hydrogen-bond acceptors (Lipinski definition) is 5. The summed E-state index contributed by atoms with van der Waals surface area (Å²) in [5.41, 5.74) is 7.11. The van der Waals surface area contributed by atoms with E-state index in [-0.39, 0.29) is 23.1 Å². The number of hydrogen-bond donors (Lipinski definition) is 2. The highest BCUT2D eigenvalue weighted by Gasteiger charge is 2.42. The Morgan fingerprint density at radius 1 is 1.21 bits per heavy atom. The Morgan fingerprint density at radius 3 is 2.61 bits per heavy atom. The lowest BCUT2D eigenvalue weighted by atomic mass is 9.64. The van der Waals surface area contributed by atoms with Crippen molar-refractivity contribution in [1.82, 2.24) is 4.98 Å². The van der Waals surface area contributed by atoms with Gasteiger partial charge < -0.3 is 15.5 Å². The van der Waals surface area contributed by atoms with E-state index in [0.29, 0.717) is 21.1 Å². The molecular formula is C25H29ClN2O4S. The van der Waals surface area contributed by atoms with Crippen molar-refractivity contribution >= 4 is 32.2 Å². The van der Waals surface area contributed by atoms with E-state index in [1.807, 2.05) is 18.2 Å². The van der Waals surface area contributed by atoms with Gasteiger partial charge in [-0.2, -0.15) is 0 Å². The normalized spacial score (nSPS) is 22.2. The molecule has 1 aromatic heterocycles. The molecular weight excluding hydrogens is 460 g/mol. The number of nitrogens with one attached hydrogen (secondary N) is 1. The largest absolute Gasteiger partial charge is 0.489 e. The number of ether oxygens (including phenoxy) is 1. The van der Waals surface area contributed by atoms with E-state index in [2.05, 4.69) is 11.9 Å². The van der Waals surface area contributed by atoms with Crippen molar-refractivity contribution < 1.29 is 13.2 Å². The van der Waals surface area contributed by atoms with Crippen molar-refractivity contribution in [3.8, 4) is 5.75 Å². The standard InChI is InChI=1S/C25H29ClN2O4S/c1-3-23(27)25(17-5-4-6-19(14-17)33(2,30)31)10-7-18(8-11-25)32-22-13-16-9-12-28-24(29)20(16)15-21(22)26/h4-6,9,12-15,18,23H,3,7-8,10-11,27H2,1-2H3,(H,28,29)/t18?,23-,25?/m1/s1. The number of H-pyrrole nitrogens is 1. The van der Waals surface area contributed by atoms with Gasteiger partial charge in [-0.05, 0) is 73.4 Å². The average molecular weight is 489 g/mol. The van der Waals surface area contributed by atoms with Gasteiger partial charge in [0.1, 0.15) is 5.75 Å². The Labute approximate surface area is 199 Å². The summed E-state index contributed by atoms with van der Waals surface area (Å²) in [6.07, 6.45) is 6.67. The summed E-state index contributed by atoms with van der Waals surface area (Å²) in [6.45, 7) is 2.06. The molecule has 0 aliphatic heterocycles. The van der Waals surface area contributed by atoms with E-state index < -0.39 is 9.84 Å². The SMILES string of the molecule is CC[C@@H](N)C1(c2cccc(S(C)(=O)=O)c2)CCC(Oc2cc3cc[nH]c(=O)c3cc2Cl)CC1. The number of halogens is 1. The van der Waals surface area contributed by atoms with Crippen LogP contribution in [0.3, 0.4) is 0 Å². The lowest BCUT2D eigenvalue weighted by Gasteiger charge is -2.44. The van der Waals surface area contributed by atoms with E-state index in [0.717, 1.165) is 43.1 Å². The van der Waals surface area contributed by atoms with Crippen LogP contribution in [0.25, 0.3) is 10.8 Å². The molecule has 0 bridgehead atoms. The van der Waals surface area contributed by atoms with E-state index in [1.54, 1.807) is 30.5 Å². The minimum absolute atomic E-state index is 0.0442. The number of rotatable bonds is 6. The maximum absolute atomic E-state index is 12.1. The minimum atomic E-state index is -3.31. The second-order valence-electron chi connectivity index (χ2n) is 8.96. The Balaban J connectivity index is 1.59. The van der Waals surface area contributed by atoms with Gasteiger partial charge in [0.15, 0.2) is 9.84 Å². The van der Waals surface area contributed by atoms with Crippen molar-refractivity contribution in [3.63, 3.8) is 0 Å². The van der Waals surface area contributed by atoms with E-state index in [4.69, 9.17) is 22.1 Å². The summed E-state index contributed by atoms with van der Waals surface area (Å²) in [5.74, 6) is 0.561. The van der Waals surface area contributed by atoms with Crippen LogP contribution in [0.2, 0.25) is 5.02 Å². The number of nitrogens with two attached hydrogens (primary N) is 1. The predicted octanol–water partition coefficient (Wildman–Crippen LogP) is 4.58. The molecule has 3 N–H and O–H groups in total. The van der Waals surface area contributed by atoms with Crippen molar-refractivity contribution in [2.75, 3.05) is 6.26 Å². The molecule has 6 nitrogen and oxygen atoms in total. The van der Waals surface area contributed by atoms with Crippen LogP contribution in [-0.2, 0) is 15.3 Å². The maximum atomic E-state index is 12.1. The zero-order valence-electron chi connectivity index (χ0n) is 18.8.